The maximum absolute atomic E-state index is 12.3. The van der Waals surface area contributed by atoms with E-state index in [0.717, 1.165) is 42.2 Å². The third-order valence-corrected chi connectivity index (χ3v) is 4.37. The van der Waals surface area contributed by atoms with E-state index in [2.05, 4.69) is 25.2 Å². The van der Waals surface area contributed by atoms with Crippen LogP contribution in [0.25, 0.3) is 0 Å². The Labute approximate surface area is 151 Å². The van der Waals surface area contributed by atoms with Crippen LogP contribution in [0.1, 0.15) is 58.6 Å². The first-order valence-corrected chi connectivity index (χ1v) is 9.29. The van der Waals surface area contributed by atoms with E-state index in [-0.39, 0.29) is 6.09 Å². The maximum Gasteiger partial charge on any atom is 0.410 e. The number of carbonyl (C=O) groups is 1. The Morgan fingerprint density at radius 3 is 2.68 bits per heavy atom. The zero-order valence-electron chi connectivity index (χ0n) is 16.3. The van der Waals surface area contributed by atoms with E-state index in [0.29, 0.717) is 13.1 Å². The second kappa shape index (κ2) is 7.98. The van der Waals surface area contributed by atoms with Crippen molar-refractivity contribution in [3.8, 4) is 0 Å². The summed E-state index contributed by atoms with van der Waals surface area (Å²) >= 11 is 0. The molecule has 0 bridgehead atoms. The molecule has 0 saturated heterocycles. The van der Waals surface area contributed by atoms with Gasteiger partial charge in [0.15, 0.2) is 0 Å². The first-order chi connectivity index (χ1) is 11.7. The zero-order valence-corrected chi connectivity index (χ0v) is 16.3. The molecule has 0 fully saturated rings. The van der Waals surface area contributed by atoms with Crippen LogP contribution >= 0.6 is 0 Å². The lowest BCUT2D eigenvalue weighted by atomic mass is 9.96. The fourth-order valence-corrected chi connectivity index (χ4v) is 3.08. The summed E-state index contributed by atoms with van der Waals surface area (Å²) in [4.78, 5) is 14.1. The highest BCUT2D eigenvalue weighted by Crippen LogP contribution is 2.31. The van der Waals surface area contributed by atoms with Crippen LogP contribution < -0.4 is 11.1 Å². The largest absolute Gasteiger partial charge is 0.444 e. The van der Waals surface area contributed by atoms with Gasteiger partial charge in [-0.15, -0.1) is 0 Å². The van der Waals surface area contributed by atoms with Crippen molar-refractivity contribution in [1.29, 1.82) is 0 Å². The van der Waals surface area contributed by atoms with Crippen molar-refractivity contribution in [1.82, 2.24) is 4.90 Å². The molecule has 0 radical (unpaired) electrons. The Balaban J connectivity index is 2.06. The minimum absolute atomic E-state index is 0.271. The molecular formula is C20H33N3O2. The Hall–Kier alpha value is -1.91. The topological polar surface area (TPSA) is 67.6 Å². The summed E-state index contributed by atoms with van der Waals surface area (Å²) in [6, 6.07) is 3.99. The number of fused-ring (bicyclic) bond motifs is 1. The van der Waals surface area contributed by atoms with Crippen LogP contribution in [0, 0.1) is 5.92 Å². The number of nitrogens with zero attached hydrogens (tertiary/aromatic N) is 1. The average Bonchev–Trinajstić information content (AvgIpc) is 2.51. The normalized spacial score (nSPS) is 14.4. The number of nitrogens with two attached hydrogens (primary N) is 1. The summed E-state index contributed by atoms with van der Waals surface area (Å²) in [5, 5.41) is 3.55. The van der Waals surface area contributed by atoms with Gasteiger partial charge in [0.1, 0.15) is 5.60 Å². The molecule has 1 aliphatic heterocycles. The lowest BCUT2D eigenvalue weighted by molar-refractivity contribution is 0.0224. The van der Waals surface area contributed by atoms with E-state index in [1.807, 2.05) is 26.8 Å². The molecule has 1 aromatic rings. The average molecular weight is 348 g/mol. The molecule has 5 nitrogen and oxygen atoms in total. The molecule has 0 unspecified atom stereocenters. The van der Waals surface area contributed by atoms with Crippen LogP contribution in [0.15, 0.2) is 12.1 Å². The van der Waals surface area contributed by atoms with Gasteiger partial charge >= 0.3 is 6.09 Å². The molecule has 0 aliphatic carbocycles. The standard InChI is InChI=1S/C20H33N3O2/c1-14(2)7-6-11-22-18-9-8-17(21)16-13-23(12-10-15(16)18)19(24)25-20(3,4)5/h8-9,14,22H,6-7,10-13,21H2,1-5H3. The van der Waals surface area contributed by atoms with Crippen molar-refractivity contribution in [2.24, 2.45) is 5.92 Å². The molecule has 1 aromatic carbocycles. The second-order valence-corrected chi connectivity index (χ2v) is 8.27. The lowest BCUT2D eigenvalue weighted by Crippen LogP contribution is -2.40. The van der Waals surface area contributed by atoms with Crippen molar-refractivity contribution in [2.45, 2.75) is 66.0 Å². The zero-order chi connectivity index (χ0) is 18.6. The molecule has 0 aromatic heterocycles. The summed E-state index contributed by atoms with van der Waals surface area (Å²) in [6.45, 7) is 12.3. The summed E-state index contributed by atoms with van der Waals surface area (Å²) in [5.41, 5.74) is 9.89. The highest BCUT2D eigenvalue weighted by Gasteiger charge is 2.27. The van der Waals surface area contributed by atoms with E-state index < -0.39 is 5.60 Å². The predicted molar refractivity (Wildman–Crippen MR) is 104 cm³/mol. The van der Waals surface area contributed by atoms with Crippen LogP contribution in [-0.4, -0.2) is 29.7 Å². The summed E-state index contributed by atoms with van der Waals surface area (Å²) in [7, 11) is 0. The number of nitrogen functional groups attached to an aromatic ring is 1. The lowest BCUT2D eigenvalue weighted by Gasteiger charge is -2.32. The van der Waals surface area contributed by atoms with Crippen LogP contribution in [-0.2, 0) is 17.7 Å². The number of nitrogens with one attached hydrogen (secondary N) is 1. The predicted octanol–water partition coefficient (Wildman–Crippen LogP) is 4.41. The summed E-state index contributed by atoms with van der Waals surface area (Å²) in [6.07, 6.45) is 2.90. The van der Waals surface area contributed by atoms with Crippen molar-refractivity contribution in [2.75, 3.05) is 24.1 Å². The summed E-state index contributed by atoms with van der Waals surface area (Å²) in [5.74, 6) is 0.726. The SMILES string of the molecule is CC(C)CCCNc1ccc(N)c2c1CCN(C(=O)OC(C)(C)C)C2. The molecule has 5 heteroatoms. The van der Waals surface area contributed by atoms with Crippen molar-refractivity contribution >= 4 is 17.5 Å². The number of hydrogen-bond donors (Lipinski definition) is 2. The minimum atomic E-state index is -0.483. The smallest absolute Gasteiger partial charge is 0.410 e. The molecule has 2 rings (SSSR count). The number of benzene rings is 1. The van der Waals surface area contributed by atoms with Crippen molar-refractivity contribution < 1.29 is 9.53 Å². The fourth-order valence-electron chi connectivity index (χ4n) is 3.08. The summed E-state index contributed by atoms with van der Waals surface area (Å²) < 4.78 is 5.49. The third-order valence-electron chi connectivity index (χ3n) is 4.37. The van der Waals surface area contributed by atoms with Gasteiger partial charge in [-0.2, -0.15) is 0 Å². The first kappa shape index (κ1) is 19.4. The van der Waals surface area contributed by atoms with Gasteiger partial charge in [0.2, 0.25) is 0 Å². The van der Waals surface area contributed by atoms with Crippen LogP contribution in [0.4, 0.5) is 16.2 Å². The molecule has 140 valence electrons. The Kier molecular flexibility index (Phi) is 6.20. The highest BCUT2D eigenvalue weighted by atomic mass is 16.6. The van der Waals surface area contributed by atoms with Crippen molar-refractivity contribution in [3.05, 3.63) is 23.3 Å². The Morgan fingerprint density at radius 1 is 1.32 bits per heavy atom. The Morgan fingerprint density at radius 2 is 2.04 bits per heavy atom. The third kappa shape index (κ3) is 5.55. The van der Waals surface area contributed by atoms with E-state index >= 15 is 0 Å². The van der Waals surface area contributed by atoms with E-state index in [1.165, 1.54) is 12.0 Å². The number of amides is 1. The number of anilines is 2. The van der Waals surface area contributed by atoms with Crippen LogP contribution in [0.2, 0.25) is 0 Å². The van der Waals surface area contributed by atoms with Crippen LogP contribution in [0.3, 0.4) is 0 Å². The van der Waals surface area contributed by atoms with Crippen LogP contribution in [0.5, 0.6) is 0 Å². The molecule has 3 N–H and O–H groups in total. The quantitative estimate of drug-likeness (QED) is 0.611. The molecule has 0 spiro atoms. The van der Waals surface area contributed by atoms with Gasteiger partial charge in [0, 0.05) is 24.5 Å². The highest BCUT2D eigenvalue weighted by molar-refractivity contribution is 5.71. The number of hydrogen-bond acceptors (Lipinski definition) is 4. The molecule has 0 saturated carbocycles. The minimum Gasteiger partial charge on any atom is -0.444 e. The van der Waals surface area contributed by atoms with E-state index in [4.69, 9.17) is 10.5 Å². The van der Waals surface area contributed by atoms with Crippen molar-refractivity contribution in [3.63, 3.8) is 0 Å². The van der Waals surface area contributed by atoms with Gasteiger partial charge in [-0.05, 0) is 69.2 Å². The number of rotatable bonds is 5. The molecule has 1 aliphatic rings. The number of ether oxygens (including phenoxy) is 1. The van der Waals surface area contributed by atoms with Gasteiger partial charge in [-0.3, -0.25) is 0 Å². The monoisotopic (exact) mass is 347 g/mol. The molecule has 1 amide bonds. The van der Waals surface area contributed by atoms with Gasteiger partial charge in [-0.25, -0.2) is 4.79 Å². The van der Waals surface area contributed by atoms with Gasteiger partial charge < -0.3 is 20.7 Å². The molecular weight excluding hydrogens is 314 g/mol. The van der Waals surface area contributed by atoms with Gasteiger partial charge in [0.25, 0.3) is 0 Å². The molecule has 1 heterocycles. The Bertz CT molecular complexity index is 606. The first-order valence-electron chi connectivity index (χ1n) is 9.29. The fraction of sp³-hybridized carbons (Fsp3) is 0.650. The van der Waals surface area contributed by atoms with Gasteiger partial charge in [-0.1, -0.05) is 13.8 Å². The molecule has 0 atom stereocenters. The second-order valence-electron chi connectivity index (χ2n) is 8.27. The van der Waals surface area contributed by atoms with E-state index in [9.17, 15) is 4.79 Å². The van der Waals surface area contributed by atoms with Gasteiger partial charge in [0.05, 0.1) is 6.54 Å². The number of carbonyl (C=O) groups excluding carboxylic acids is 1. The maximum atomic E-state index is 12.3. The molecule has 25 heavy (non-hydrogen) atoms. The van der Waals surface area contributed by atoms with E-state index in [1.54, 1.807) is 4.90 Å².